The first-order valence-electron chi connectivity index (χ1n) is 5.68. The van der Waals surface area contributed by atoms with Gasteiger partial charge in [0.2, 0.25) is 0 Å². The van der Waals surface area contributed by atoms with Crippen molar-refractivity contribution in [1.29, 1.82) is 0 Å². The normalized spacial score (nSPS) is 14.3. The van der Waals surface area contributed by atoms with Gasteiger partial charge in [-0.25, -0.2) is 4.79 Å². The molecule has 2 atom stereocenters. The maximum atomic E-state index is 12.4. The van der Waals surface area contributed by atoms with E-state index in [9.17, 15) is 27.9 Å². The summed E-state index contributed by atoms with van der Waals surface area (Å²) in [5.41, 5.74) is -4.89. The third-order valence-electron chi connectivity index (χ3n) is 2.39. The van der Waals surface area contributed by atoms with Gasteiger partial charge >= 0.3 is 11.5 Å². The molecule has 116 valence electrons. The molecule has 0 saturated carbocycles. The highest BCUT2D eigenvalue weighted by atomic mass is 32.2. The van der Waals surface area contributed by atoms with Crippen LogP contribution in [0.25, 0.3) is 0 Å². The number of hydrogen-bond donors (Lipinski definition) is 3. The van der Waals surface area contributed by atoms with E-state index in [-0.39, 0.29) is 10.5 Å². The summed E-state index contributed by atoms with van der Waals surface area (Å²) >= 11 is -0.471. The fourth-order valence-corrected chi connectivity index (χ4v) is 2.14. The summed E-state index contributed by atoms with van der Waals surface area (Å²) < 4.78 is 37.2. The van der Waals surface area contributed by atoms with Gasteiger partial charge in [0.25, 0.3) is 5.91 Å². The van der Waals surface area contributed by atoms with Crippen LogP contribution in [-0.4, -0.2) is 39.7 Å². The fourth-order valence-electron chi connectivity index (χ4n) is 1.48. The first-order valence-corrected chi connectivity index (χ1v) is 6.50. The SMILES string of the molecule is CC(O)C(NC(=O)c1ccccc1SC(F)(F)F)C(=O)O. The number of carboxylic acid groups (broad SMARTS) is 1. The van der Waals surface area contributed by atoms with E-state index in [1.807, 2.05) is 5.32 Å². The number of carbonyl (C=O) groups is 2. The summed E-state index contributed by atoms with van der Waals surface area (Å²) in [6.07, 6.45) is -1.39. The van der Waals surface area contributed by atoms with Crippen LogP contribution in [0.1, 0.15) is 17.3 Å². The Kier molecular flexibility index (Phi) is 5.62. The minimum Gasteiger partial charge on any atom is -0.480 e. The Bertz CT molecular complexity index is 533. The predicted octanol–water partition coefficient (Wildman–Crippen LogP) is 1.86. The van der Waals surface area contributed by atoms with E-state index >= 15 is 0 Å². The van der Waals surface area contributed by atoms with Crippen molar-refractivity contribution in [2.75, 3.05) is 0 Å². The van der Waals surface area contributed by atoms with Crippen LogP contribution in [-0.2, 0) is 4.79 Å². The lowest BCUT2D eigenvalue weighted by atomic mass is 10.1. The van der Waals surface area contributed by atoms with Gasteiger partial charge in [0, 0.05) is 4.90 Å². The standard InChI is InChI=1S/C12H12F3NO4S/c1-6(17)9(11(19)20)16-10(18)7-4-2-3-5-8(7)21-12(13,14)15/h2-6,9,17H,1H3,(H,16,18)(H,19,20). The minimum atomic E-state index is -4.58. The van der Waals surface area contributed by atoms with Gasteiger partial charge in [-0.1, -0.05) is 12.1 Å². The molecule has 5 nitrogen and oxygen atoms in total. The average Bonchev–Trinajstić information content (AvgIpc) is 2.33. The Morgan fingerprint density at radius 3 is 2.33 bits per heavy atom. The fraction of sp³-hybridized carbons (Fsp3) is 0.333. The molecule has 0 bridgehead atoms. The number of nitrogens with one attached hydrogen (secondary N) is 1. The number of hydrogen-bond acceptors (Lipinski definition) is 4. The zero-order valence-corrected chi connectivity index (χ0v) is 11.5. The first kappa shape index (κ1) is 17.3. The summed E-state index contributed by atoms with van der Waals surface area (Å²) in [7, 11) is 0. The summed E-state index contributed by atoms with van der Waals surface area (Å²) in [4.78, 5) is 22.4. The molecule has 21 heavy (non-hydrogen) atoms. The average molecular weight is 323 g/mol. The van der Waals surface area contributed by atoms with Crippen LogP contribution in [0.15, 0.2) is 29.2 Å². The van der Waals surface area contributed by atoms with Crippen molar-refractivity contribution in [2.45, 2.75) is 29.5 Å². The zero-order valence-electron chi connectivity index (χ0n) is 10.7. The topological polar surface area (TPSA) is 86.6 Å². The quantitative estimate of drug-likeness (QED) is 0.720. The number of benzene rings is 1. The van der Waals surface area contributed by atoms with Crippen LogP contribution in [0.5, 0.6) is 0 Å². The molecule has 0 aromatic heterocycles. The second kappa shape index (κ2) is 6.81. The number of halogens is 3. The number of amides is 1. The van der Waals surface area contributed by atoms with Crippen molar-refractivity contribution in [2.24, 2.45) is 0 Å². The van der Waals surface area contributed by atoms with Crippen LogP contribution in [0, 0.1) is 0 Å². The van der Waals surface area contributed by atoms with Crippen molar-refractivity contribution in [3.63, 3.8) is 0 Å². The van der Waals surface area contributed by atoms with Crippen LogP contribution >= 0.6 is 11.8 Å². The highest BCUT2D eigenvalue weighted by molar-refractivity contribution is 8.00. The molecular weight excluding hydrogens is 311 g/mol. The number of carbonyl (C=O) groups excluding carboxylic acids is 1. The van der Waals surface area contributed by atoms with Crippen molar-refractivity contribution in [3.05, 3.63) is 29.8 Å². The van der Waals surface area contributed by atoms with Gasteiger partial charge < -0.3 is 15.5 Å². The summed E-state index contributed by atoms with van der Waals surface area (Å²) in [6.45, 7) is 1.15. The number of aliphatic carboxylic acids is 1. The second-order valence-corrected chi connectivity index (χ2v) is 5.18. The van der Waals surface area contributed by atoms with E-state index < -0.39 is 41.3 Å². The molecule has 1 aromatic rings. The molecule has 9 heteroatoms. The van der Waals surface area contributed by atoms with E-state index in [1.54, 1.807) is 0 Å². The number of alkyl halides is 3. The molecule has 1 rings (SSSR count). The molecule has 0 fully saturated rings. The number of aliphatic hydroxyl groups excluding tert-OH is 1. The first-order chi connectivity index (χ1) is 9.61. The second-order valence-electron chi connectivity index (χ2n) is 4.07. The van der Waals surface area contributed by atoms with E-state index in [0.717, 1.165) is 19.1 Å². The lowest BCUT2D eigenvalue weighted by Crippen LogP contribution is -2.47. The number of carboxylic acids is 1. The molecule has 0 radical (unpaired) electrons. The Morgan fingerprint density at radius 1 is 1.29 bits per heavy atom. The number of aliphatic hydroxyl groups is 1. The third-order valence-corrected chi connectivity index (χ3v) is 3.20. The van der Waals surface area contributed by atoms with Crippen molar-refractivity contribution >= 4 is 23.6 Å². The predicted molar refractivity (Wildman–Crippen MR) is 68.9 cm³/mol. The monoisotopic (exact) mass is 323 g/mol. The van der Waals surface area contributed by atoms with E-state index in [4.69, 9.17) is 5.11 Å². The maximum Gasteiger partial charge on any atom is 0.446 e. The van der Waals surface area contributed by atoms with Crippen molar-refractivity contribution in [3.8, 4) is 0 Å². The van der Waals surface area contributed by atoms with Gasteiger partial charge in [-0.2, -0.15) is 13.2 Å². The van der Waals surface area contributed by atoms with E-state index in [1.165, 1.54) is 12.1 Å². The number of rotatable bonds is 5. The molecule has 3 N–H and O–H groups in total. The molecule has 1 amide bonds. The molecule has 0 aliphatic heterocycles. The number of thioether (sulfide) groups is 1. The van der Waals surface area contributed by atoms with Gasteiger partial charge in [-0.05, 0) is 30.8 Å². The third kappa shape index (κ3) is 5.27. The van der Waals surface area contributed by atoms with Gasteiger partial charge in [-0.3, -0.25) is 4.79 Å². The van der Waals surface area contributed by atoms with Gasteiger partial charge in [0.15, 0.2) is 6.04 Å². The molecule has 0 heterocycles. The molecule has 1 aromatic carbocycles. The smallest absolute Gasteiger partial charge is 0.446 e. The van der Waals surface area contributed by atoms with Gasteiger partial charge in [-0.15, -0.1) is 0 Å². The highest BCUT2D eigenvalue weighted by Gasteiger charge is 2.32. The lowest BCUT2D eigenvalue weighted by molar-refractivity contribution is -0.141. The Hall–Kier alpha value is -1.74. The van der Waals surface area contributed by atoms with Crippen molar-refractivity contribution < 1.29 is 33.0 Å². The summed E-state index contributed by atoms with van der Waals surface area (Å²) in [5.74, 6) is -2.49. The van der Waals surface area contributed by atoms with Crippen LogP contribution < -0.4 is 5.32 Å². The Labute approximate surface area is 122 Å². The largest absolute Gasteiger partial charge is 0.480 e. The molecule has 0 aliphatic carbocycles. The van der Waals surface area contributed by atoms with Gasteiger partial charge in [0.05, 0.1) is 11.7 Å². The highest BCUT2D eigenvalue weighted by Crippen LogP contribution is 2.38. The minimum absolute atomic E-state index is 0.313. The maximum absolute atomic E-state index is 12.4. The van der Waals surface area contributed by atoms with Gasteiger partial charge in [0.1, 0.15) is 0 Å². The molecule has 0 spiro atoms. The van der Waals surface area contributed by atoms with Crippen LogP contribution in [0.2, 0.25) is 0 Å². The molecule has 0 aliphatic rings. The lowest BCUT2D eigenvalue weighted by Gasteiger charge is -2.18. The molecule has 0 saturated heterocycles. The van der Waals surface area contributed by atoms with Crippen molar-refractivity contribution in [1.82, 2.24) is 5.32 Å². The zero-order chi connectivity index (χ0) is 16.2. The van der Waals surface area contributed by atoms with Crippen LogP contribution in [0.4, 0.5) is 13.2 Å². The summed E-state index contributed by atoms with van der Waals surface area (Å²) in [6, 6.07) is 3.32. The van der Waals surface area contributed by atoms with E-state index in [2.05, 4.69) is 0 Å². The van der Waals surface area contributed by atoms with Crippen LogP contribution in [0.3, 0.4) is 0 Å². The Morgan fingerprint density at radius 2 is 1.86 bits per heavy atom. The van der Waals surface area contributed by atoms with E-state index in [0.29, 0.717) is 0 Å². The molecular formula is C12H12F3NO4S. The Balaban J connectivity index is 3.00. The molecule has 2 unspecified atom stereocenters. The summed E-state index contributed by atoms with van der Waals surface area (Å²) in [5, 5.41) is 20.1.